The molecule has 0 saturated carbocycles. The van der Waals surface area contributed by atoms with Gasteiger partial charge >= 0.3 is 5.97 Å². The van der Waals surface area contributed by atoms with Crippen molar-refractivity contribution in [3.8, 4) is 6.07 Å². The first-order chi connectivity index (χ1) is 7.27. The first-order valence-electron chi connectivity index (χ1n) is 4.47. The number of carbonyl (C=O) groups is 1. The molecule has 0 aliphatic carbocycles. The first kappa shape index (κ1) is 10.9. The van der Waals surface area contributed by atoms with Crippen LogP contribution < -0.4 is 0 Å². The number of rotatable bonds is 3. The molecule has 0 unspecified atom stereocenters. The highest BCUT2D eigenvalue weighted by Gasteiger charge is 2.08. The average Bonchev–Trinajstić information content (AvgIpc) is 2.27. The van der Waals surface area contributed by atoms with Crippen LogP contribution in [0.25, 0.3) is 6.08 Å². The number of carbonyl (C=O) groups excluding carboxylic acids is 1. The van der Waals surface area contributed by atoms with Crippen LogP contribution in [0.15, 0.2) is 30.1 Å². The van der Waals surface area contributed by atoms with Crippen molar-refractivity contribution < 1.29 is 9.53 Å². The van der Waals surface area contributed by atoms with Crippen molar-refractivity contribution in [3.63, 3.8) is 0 Å². The maximum atomic E-state index is 11.3. The Morgan fingerprint density at radius 3 is 2.80 bits per heavy atom. The predicted octanol–water partition coefficient (Wildman–Crippen LogP) is 1.55. The van der Waals surface area contributed by atoms with E-state index in [1.165, 1.54) is 6.08 Å². The van der Waals surface area contributed by atoms with E-state index < -0.39 is 5.97 Å². The van der Waals surface area contributed by atoms with Gasteiger partial charge in [0.05, 0.1) is 6.61 Å². The summed E-state index contributed by atoms with van der Waals surface area (Å²) in [5.41, 5.74) is 0.734. The van der Waals surface area contributed by atoms with Crippen molar-refractivity contribution in [2.75, 3.05) is 6.61 Å². The predicted molar refractivity (Wildman–Crippen MR) is 54.5 cm³/mol. The normalized spacial score (nSPS) is 10.5. The summed E-state index contributed by atoms with van der Waals surface area (Å²) in [5, 5.41) is 8.75. The molecule has 0 aliphatic rings. The summed E-state index contributed by atoms with van der Waals surface area (Å²) in [6.07, 6.45) is 4.65. The first-order valence-corrected chi connectivity index (χ1v) is 4.47. The largest absolute Gasteiger partial charge is 0.462 e. The third-order valence-corrected chi connectivity index (χ3v) is 1.63. The lowest BCUT2D eigenvalue weighted by Crippen LogP contribution is -2.05. The Labute approximate surface area is 87.8 Å². The minimum atomic E-state index is -0.600. The lowest BCUT2D eigenvalue weighted by molar-refractivity contribution is -0.137. The molecule has 0 radical (unpaired) electrons. The van der Waals surface area contributed by atoms with Crippen LogP contribution in [-0.2, 0) is 9.53 Å². The quantitative estimate of drug-likeness (QED) is 0.424. The van der Waals surface area contributed by atoms with Gasteiger partial charge in [-0.2, -0.15) is 5.26 Å². The molecule has 0 spiro atoms. The SMILES string of the molecule is CCOC(=O)/C(C#N)=C\c1ccncc1. The second-order valence-corrected chi connectivity index (χ2v) is 2.67. The number of esters is 1. The smallest absolute Gasteiger partial charge is 0.348 e. The third kappa shape index (κ3) is 3.24. The molecule has 0 bridgehead atoms. The minimum absolute atomic E-state index is 0.0111. The van der Waals surface area contributed by atoms with Gasteiger partial charge in [0.25, 0.3) is 0 Å². The molecule has 76 valence electrons. The molecule has 4 nitrogen and oxygen atoms in total. The number of hydrogen-bond acceptors (Lipinski definition) is 4. The lowest BCUT2D eigenvalue weighted by atomic mass is 10.2. The summed E-state index contributed by atoms with van der Waals surface area (Å²) in [6.45, 7) is 1.95. The zero-order chi connectivity index (χ0) is 11.1. The highest BCUT2D eigenvalue weighted by molar-refractivity contribution is 5.97. The average molecular weight is 202 g/mol. The van der Waals surface area contributed by atoms with Gasteiger partial charge in [-0.05, 0) is 30.7 Å². The number of ether oxygens (including phenoxy) is 1. The Morgan fingerprint density at radius 1 is 1.60 bits per heavy atom. The molecule has 4 heteroatoms. The third-order valence-electron chi connectivity index (χ3n) is 1.63. The molecule has 0 aliphatic heterocycles. The summed E-state index contributed by atoms with van der Waals surface area (Å²) in [7, 11) is 0. The van der Waals surface area contributed by atoms with Crippen molar-refractivity contribution in [1.29, 1.82) is 5.26 Å². The standard InChI is InChI=1S/C11H10N2O2/c1-2-15-11(14)10(8-12)7-9-3-5-13-6-4-9/h3-7H,2H2,1H3/b10-7-. The van der Waals surface area contributed by atoms with E-state index in [-0.39, 0.29) is 12.2 Å². The van der Waals surface area contributed by atoms with Gasteiger partial charge in [0.2, 0.25) is 0 Å². The number of nitriles is 1. The van der Waals surface area contributed by atoms with Crippen molar-refractivity contribution in [1.82, 2.24) is 4.98 Å². The van der Waals surface area contributed by atoms with E-state index in [9.17, 15) is 4.79 Å². The van der Waals surface area contributed by atoms with Gasteiger partial charge < -0.3 is 4.74 Å². The van der Waals surface area contributed by atoms with E-state index in [4.69, 9.17) is 10.00 Å². The van der Waals surface area contributed by atoms with Gasteiger partial charge in [-0.25, -0.2) is 4.79 Å². The fourth-order valence-corrected chi connectivity index (χ4v) is 0.972. The molecule has 0 fully saturated rings. The number of pyridine rings is 1. The van der Waals surface area contributed by atoms with Crippen molar-refractivity contribution >= 4 is 12.0 Å². The number of aromatic nitrogens is 1. The molecule has 0 aromatic carbocycles. The topological polar surface area (TPSA) is 63.0 Å². The Bertz CT molecular complexity index is 404. The Kier molecular flexibility index (Phi) is 4.05. The Hall–Kier alpha value is -2.15. The zero-order valence-electron chi connectivity index (χ0n) is 8.30. The van der Waals surface area contributed by atoms with Crippen LogP contribution in [0.2, 0.25) is 0 Å². The highest BCUT2D eigenvalue weighted by Crippen LogP contribution is 2.06. The van der Waals surface area contributed by atoms with Gasteiger partial charge in [-0.1, -0.05) is 0 Å². The molecule has 0 atom stereocenters. The highest BCUT2D eigenvalue weighted by atomic mass is 16.5. The second-order valence-electron chi connectivity index (χ2n) is 2.67. The van der Waals surface area contributed by atoms with Gasteiger partial charge in [-0.3, -0.25) is 4.98 Å². The molecular formula is C11H10N2O2. The summed E-state index contributed by atoms with van der Waals surface area (Å²) >= 11 is 0. The molecule has 1 aromatic rings. The minimum Gasteiger partial charge on any atom is -0.462 e. The molecule has 1 heterocycles. The maximum Gasteiger partial charge on any atom is 0.348 e. The van der Waals surface area contributed by atoms with Crippen LogP contribution >= 0.6 is 0 Å². The van der Waals surface area contributed by atoms with E-state index in [0.717, 1.165) is 5.56 Å². The molecule has 15 heavy (non-hydrogen) atoms. The van der Waals surface area contributed by atoms with E-state index in [0.29, 0.717) is 0 Å². The van der Waals surface area contributed by atoms with Crippen molar-refractivity contribution in [2.24, 2.45) is 0 Å². The molecule has 0 saturated heterocycles. The molecule has 1 rings (SSSR count). The van der Waals surface area contributed by atoms with Gasteiger partial charge in [-0.15, -0.1) is 0 Å². The molecular weight excluding hydrogens is 192 g/mol. The van der Waals surface area contributed by atoms with E-state index in [2.05, 4.69) is 4.98 Å². The summed E-state index contributed by atoms with van der Waals surface area (Å²) < 4.78 is 4.72. The Morgan fingerprint density at radius 2 is 2.27 bits per heavy atom. The molecule has 0 N–H and O–H groups in total. The number of hydrogen-bond donors (Lipinski definition) is 0. The van der Waals surface area contributed by atoms with Crippen LogP contribution in [0.3, 0.4) is 0 Å². The maximum absolute atomic E-state index is 11.3. The molecule has 0 amide bonds. The van der Waals surface area contributed by atoms with Crippen LogP contribution in [0.1, 0.15) is 12.5 Å². The zero-order valence-corrected chi connectivity index (χ0v) is 8.30. The van der Waals surface area contributed by atoms with E-state index in [1.807, 2.05) is 0 Å². The Balaban J connectivity index is 2.89. The summed E-state index contributed by atoms with van der Waals surface area (Å²) in [5.74, 6) is -0.600. The monoisotopic (exact) mass is 202 g/mol. The lowest BCUT2D eigenvalue weighted by Gasteiger charge is -1.99. The number of nitrogens with zero attached hydrogens (tertiary/aromatic N) is 2. The fraction of sp³-hybridized carbons (Fsp3) is 0.182. The fourth-order valence-electron chi connectivity index (χ4n) is 0.972. The van der Waals surface area contributed by atoms with E-state index >= 15 is 0 Å². The van der Waals surface area contributed by atoms with Crippen LogP contribution in [0, 0.1) is 11.3 Å². The summed E-state index contributed by atoms with van der Waals surface area (Å²) in [6, 6.07) is 5.21. The van der Waals surface area contributed by atoms with E-state index in [1.54, 1.807) is 37.5 Å². The second kappa shape index (κ2) is 5.55. The van der Waals surface area contributed by atoms with Crippen molar-refractivity contribution in [2.45, 2.75) is 6.92 Å². The van der Waals surface area contributed by atoms with Gasteiger partial charge in [0.15, 0.2) is 0 Å². The molecule has 1 aromatic heterocycles. The van der Waals surface area contributed by atoms with Crippen molar-refractivity contribution in [3.05, 3.63) is 35.7 Å². The summed E-state index contributed by atoms with van der Waals surface area (Å²) in [4.78, 5) is 15.1. The van der Waals surface area contributed by atoms with Crippen LogP contribution in [-0.4, -0.2) is 17.6 Å². The van der Waals surface area contributed by atoms with Gasteiger partial charge in [0, 0.05) is 12.4 Å². The van der Waals surface area contributed by atoms with Gasteiger partial charge in [0.1, 0.15) is 11.6 Å². The van der Waals surface area contributed by atoms with Crippen LogP contribution in [0.4, 0.5) is 0 Å². The van der Waals surface area contributed by atoms with Crippen LogP contribution in [0.5, 0.6) is 0 Å².